The molecule has 0 aromatic heterocycles. The summed E-state index contributed by atoms with van der Waals surface area (Å²) in [4.78, 5) is 27.4. The Morgan fingerprint density at radius 3 is 2.36 bits per heavy atom. The third-order valence-corrected chi connectivity index (χ3v) is 5.44. The Labute approximate surface area is 155 Å². The van der Waals surface area contributed by atoms with Crippen LogP contribution in [0.1, 0.15) is 50.0 Å². The van der Waals surface area contributed by atoms with Gasteiger partial charge in [0.15, 0.2) is 0 Å². The standard InChI is InChI=1S/C20H29NO3S/c1-13(2)10-18-21(19(22)16-8-6-15(5)7-9-16)17(12-25-18)20(23)24-11-14(3)4/h6-9,13-14,17-18H,10-12H2,1-5H3/t17-,18+/m1/s1. The van der Waals surface area contributed by atoms with Gasteiger partial charge in [-0.2, -0.15) is 0 Å². The molecule has 1 fully saturated rings. The fraction of sp³-hybridized carbons (Fsp3) is 0.600. The summed E-state index contributed by atoms with van der Waals surface area (Å²) in [6.07, 6.45) is 0.871. The van der Waals surface area contributed by atoms with Crippen LogP contribution in [0.3, 0.4) is 0 Å². The van der Waals surface area contributed by atoms with E-state index < -0.39 is 6.04 Å². The van der Waals surface area contributed by atoms with E-state index in [0.29, 0.717) is 23.8 Å². The van der Waals surface area contributed by atoms with Crippen LogP contribution in [0, 0.1) is 18.8 Å². The van der Waals surface area contributed by atoms with Crippen LogP contribution in [0.2, 0.25) is 0 Å². The molecule has 1 amide bonds. The molecule has 0 spiro atoms. The summed E-state index contributed by atoms with van der Waals surface area (Å²) in [6.45, 7) is 10.7. The van der Waals surface area contributed by atoms with Crippen LogP contribution in [0.5, 0.6) is 0 Å². The lowest BCUT2D eigenvalue weighted by atomic mass is 10.1. The summed E-state index contributed by atoms with van der Waals surface area (Å²) in [5.41, 5.74) is 1.74. The third kappa shape index (κ3) is 5.24. The number of rotatable bonds is 6. The highest BCUT2D eigenvalue weighted by atomic mass is 32.2. The van der Waals surface area contributed by atoms with Crippen molar-refractivity contribution in [2.24, 2.45) is 11.8 Å². The fourth-order valence-corrected chi connectivity index (χ4v) is 4.42. The second-order valence-electron chi connectivity index (χ2n) is 7.54. The highest BCUT2D eigenvalue weighted by molar-refractivity contribution is 8.00. The van der Waals surface area contributed by atoms with Gasteiger partial charge in [0.2, 0.25) is 0 Å². The van der Waals surface area contributed by atoms with Gasteiger partial charge >= 0.3 is 5.97 Å². The van der Waals surface area contributed by atoms with Crippen LogP contribution < -0.4 is 0 Å². The number of amides is 1. The van der Waals surface area contributed by atoms with Crippen molar-refractivity contribution in [3.63, 3.8) is 0 Å². The molecule has 1 saturated heterocycles. The number of carbonyl (C=O) groups is 2. The zero-order valence-electron chi connectivity index (χ0n) is 15.8. The molecule has 0 N–H and O–H groups in total. The highest BCUT2D eigenvalue weighted by Crippen LogP contribution is 2.35. The van der Waals surface area contributed by atoms with Gasteiger partial charge in [-0.3, -0.25) is 4.79 Å². The maximum Gasteiger partial charge on any atom is 0.329 e. The zero-order chi connectivity index (χ0) is 18.6. The first-order chi connectivity index (χ1) is 11.8. The normalized spacial score (nSPS) is 20.4. The molecule has 2 atom stereocenters. The molecular weight excluding hydrogens is 334 g/mol. The number of nitrogens with zero attached hydrogens (tertiary/aromatic N) is 1. The lowest BCUT2D eigenvalue weighted by molar-refractivity contribution is -0.149. The maximum atomic E-state index is 13.1. The van der Waals surface area contributed by atoms with E-state index in [1.54, 1.807) is 16.7 Å². The third-order valence-electron chi connectivity index (χ3n) is 4.13. The first-order valence-electron chi connectivity index (χ1n) is 8.97. The first kappa shape index (κ1) is 19.8. The quantitative estimate of drug-likeness (QED) is 0.713. The second kappa shape index (κ2) is 8.75. The number of thioether (sulfide) groups is 1. The van der Waals surface area contributed by atoms with Gasteiger partial charge in [0.05, 0.1) is 12.0 Å². The topological polar surface area (TPSA) is 46.6 Å². The van der Waals surface area contributed by atoms with Crippen molar-refractivity contribution < 1.29 is 14.3 Å². The lowest BCUT2D eigenvalue weighted by Crippen LogP contribution is -2.46. The summed E-state index contributed by atoms with van der Waals surface area (Å²) in [7, 11) is 0. The van der Waals surface area contributed by atoms with Gasteiger partial charge in [-0.05, 0) is 37.3 Å². The average molecular weight is 364 g/mol. The Kier molecular flexibility index (Phi) is 6.94. The van der Waals surface area contributed by atoms with Gasteiger partial charge in [0.25, 0.3) is 5.91 Å². The van der Waals surface area contributed by atoms with Gasteiger partial charge < -0.3 is 9.64 Å². The molecule has 1 aromatic carbocycles. The minimum absolute atomic E-state index is 0.0189. The van der Waals surface area contributed by atoms with E-state index in [-0.39, 0.29) is 23.2 Å². The van der Waals surface area contributed by atoms with Gasteiger partial charge in [0, 0.05) is 11.3 Å². The minimum atomic E-state index is -0.499. The van der Waals surface area contributed by atoms with E-state index in [0.717, 1.165) is 12.0 Å². The Bertz CT molecular complexity index is 597. The van der Waals surface area contributed by atoms with Crippen LogP contribution in [-0.4, -0.2) is 40.6 Å². The number of hydrogen-bond donors (Lipinski definition) is 0. The molecule has 0 radical (unpaired) electrons. The van der Waals surface area contributed by atoms with E-state index in [2.05, 4.69) is 13.8 Å². The number of ether oxygens (including phenoxy) is 1. The van der Waals surface area contributed by atoms with Crippen LogP contribution in [-0.2, 0) is 9.53 Å². The van der Waals surface area contributed by atoms with Gasteiger partial charge in [0.1, 0.15) is 6.04 Å². The number of carbonyl (C=O) groups excluding carboxylic acids is 2. The summed E-state index contributed by atoms with van der Waals surface area (Å²) < 4.78 is 5.43. The van der Waals surface area contributed by atoms with E-state index in [1.807, 2.05) is 45.0 Å². The van der Waals surface area contributed by atoms with Crippen LogP contribution in [0.4, 0.5) is 0 Å². The summed E-state index contributed by atoms with van der Waals surface area (Å²) in [6, 6.07) is 7.04. The Morgan fingerprint density at radius 1 is 1.16 bits per heavy atom. The average Bonchev–Trinajstić information content (AvgIpc) is 2.95. The van der Waals surface area contributed by atoms with Crippen molar-refractivity contribution in [1.82, 2.24) is 4.90 Å². The number of esters is 1. The predicted molar refractivity (Wildman–Crippen MR) is 103 cm³/mol. The van der Waals surface area contributed by atoms with E-state index in [1.165, 1.54) is 0 Å². The van der Waals surface area contributed by atoms with E-state index in [4.69, 9.17) is 4.74 Å². The summed E-state index contributed by atoms with van der Waals surface area (Å²) in [5, 5.41) is 0.0189. The molecule has 1 aliphatic heterocycles. The summed E-state index contributed by atoms with van der Waals surface area (Å²) in [5.74, 6) is 0.975. The van der Waals surface area contributed by atoms with Crippen molar-refractivity contribution >= 4 is 23.6 Å². The Hall–Kier alpha value is -1.49. The Balaban J connectivity index is 2.22. The van der Waals surface area contributed by atoms with Crippen molar-refractivity contribution in [3.8, 4) is 0 Å². The monoisotopic (exact) mass is 363 g/mol. The summed E-state index contributed by atoms with van der Waals surface area (Å²) >= 11 is 1.68. The minimum Gasteiger partial charge on any atom is -0.464 e. The maximum absolute atomic E-state index is 13.1. The molecule has 25 heavy (non-hydrogen) atoms. The second-order valence-corrected chi connectivity index (χ2v) is 8.75. The molecule has 2 rings (SSSR count). The molecule has 1 aromatic rings. The molecule has 1 heterocycles. The molecule has 4 nitrogen and oxygen atoms in total. The molecule has 138 valence electrons. The zero-order valence-corrected chi connectivity index (χ0v) is 16.6. The number of hydrogen-bond acceptors (Lipinski definition) is 4. The lowest BCUT2D eigenvalue weighted by Gasteiger charge is -2.29. The smallest absolute Gasteiger partial charge is 0.329 e. The molecule has 5 heteroatoms. The Morgan fingerprint density at radius 2 is 1.80 bits per heavy atom. The molecule has 0 saturated carbocycles. The fourth-order valence-electron chi connectivity index (χ4n) is 2.79. The van der Waals surface area contributed by atoms with Crippen molar-refractivity contribution in [2.45, 2.75) is 52.5 Å². The van der Waals surface area contributed by atoms with Gasteiger partial charge in [-0.25, -0.2) is 4.79 Å². The number of benzene rings is 1. The highest BCUT2D eigenvalue weighted by Gasteiger charge is 2.42. The SMILES string of the molecule is Cc1ccc(C(=O)N2[C@H](CC(C)C)SC[C@@H]2C(=O)OCC(C)C)cc1. The van der Waals surface area contributed by atoms with Gasteiger partial charge in [-0.1, -0.05) is 45.4 Å². The van der Waals surface area contributed by atoms with Crippen LogP contribution in [0.25, 0.3) is 0 Å². The largest absolute Gasteiger partial charge is 0.464 e. The molecule has 0 aliphatic carbocycles. The van der Waals surface area contributed by atoms with Crippen LogP contribution in [0.15, 0.2) is 24.3 Å². The predicted octanol–water partition coefficient (Wildman–Crippen LogP) is 4.12. The van der Waals surface area contributed by atoms with Crippen molar-refractivity contribution in [2.75, 3.05) is 12.4 Å². The first-order valence-corrected chi connectivity index (χ1v) is 10.0. The van der Waals surface area contributed by atoms with Crippen LogP contribution >= 0.6 is 11.8 Å². The molecule has 0 bridgehead atoms. The van der Waals surface area contributed by atoms with Crippen molar-refractivity contribution in [1.29, 1.82) is 0 Å². The van der Waals surface area contributed by atoms with E-state index >= 15 is 0 Å². The van der Waals surface area contributed by atoms with Gasteiger partial charge in [-0.15, -0.1) is 11.8 Å². The number of aryl methyl sites for hydroxylation is 1. The van der Waals surface area contributed by atoms with Crippen molar-refractivity contribution in [3.05, 3.63) is 35.4 Å². The molecule has 0 unspecified atom stereocenters. The molecular formula is C20H29NO3S. The molecule has 1 aliphatic rings. The van der Waals surface area contributed by atoms with E-state index in [9.17, 15) is 9.59 Å².